The molecule has 3 N–H and O–H groups in total. The van der Waals surface area contributed by atoms with Crippen molar-refractivity contribution in [2.75, 3.05) is 19.6 Å². The molecule has 1 fully saturated rings. The lowest BCUT2D eigenvalue weighted by atomic mass is 10.3. The van der Waals surface area contributed by atoms with Gasteiger partial charge in [-0.1, -0.05) is 0 Å². The van der Waals surface area contributed by atoms with Gasteiger partial charge in [0.05, 0.1) is 12.6 Å². The van der Waals surface area contributed by atoms with E-state index in [1.165, 1.54) is 12.8 Å². The molecule has 0 radical (unpaired) electrons. The van der Waals surface area contributed by atoms with E-state index in [4.69, 9.17) is 9.90 Å². The van der Waals surface area contributed by atoms with Crippen LogP contribution >= 0.6 is 0 Å². The van der Waals surface area contributed by atoms with E-state index in [1.54, 1.807) is 0 Å². The largest absolute Gasteiger partial charge is 0.483 e. The molecular formula is C12H21N5O3. The fourth-order valence-corrected chi connectivity index (χ4v) is 2.05. The first kappa shape index (κ1) is 16.1. The molecule has 0 aliphatic carbocycles. The van der Waals surface area contributed by atoms with E-state index in [0.29, 0.717) is 12.4 Å². The Morgan fingerprint density at radius 2 is 2.15 bits per heavy atom. The van der Waals surface area contributed by atoms with E-state index >= 15 is 0 Å². The summed E-state index contributed by atoms with van der Waals surface area (Å²) in [6, 6.07) is -0.143. The topological polar surface area (TPSA) is 111 Å². The first-order valence-corrected chi connectivity index (χ1v) is 6.55. The van der Waals surface area contributed by atoms with Gasteiger partial charge in [0.1, 0.15) is 5.82 Å². The van der Waals surface area contributed by atoms with Gasteiger partial charge in [-0.05, 0) is 39.8 Å². The number of aromatic nitrogens is 3. The van der Waals surface area contributed by atoms with Crippen LogP contribution in [0.4, 0.5) is 0 Å². The lowest BCUT2D eigenvalue weighted by Gasteiger charge is -2.16. The van der Waals surface area contributed by atoms with Crippen molar-refractivity contribution >= 4 is 12.4 Å². The summed E-state index contributed by atoms with van der Waals surface area (Å²) >= 11 is 0. The summed E-state index contributed by atoms with van der Waals surface area (Å²) in [6.07, 6.45) is 2.39. The lowest BCUT2D eigenvalue weighted by Crippen LogP contribution is -2.37. The molecule has 1 aromatic rings. The first-order valence-electron chi connectivity index (χ1n) is 6.55. The molecular weight excluding hydrogens is 262 g/mol. The van der Waals surface area contributed by atoms with Gasteiger partial charge in [0.25, 0.3) is 6.47 Å². The molecule has 1 amide bonds. The molecule has 0 saturated carbocycles. The Kier molecular flexibility index (Phi) is 6.65. The van der Waals surface area contributed by atoms with Crippen molar-refractivity contribution in [3.63, 3.8) is 0 Å². The SMILES string of the molecule is Cc1nc(C(C)NC(=O)CN2CCCC2)n[nH]1.O=CO. The summed E-state index contributed by atoms with van der Waals surface area (Å²) in [5.41, 5.74) is 0. The standard InChI is InChI=1S/C11H19N5O.CH2O2/c1-8(11-13-9(2)14-15-11)12-10(17)7-16-5-3-4-6-16;2-1-3/h8H,3-7H2,1-2H3,(H,12,17)(H,13,14,15);1H,(H,2,3). The Labute approximate surface area is 117 Å². The van der Waals surface area contributed by atoms with Gasteiger partial charge < -0.3 is 10.4 Å². The van der Waals surface area contributed by atoms with Gasteiger partial charge in [0.2, 0.25) is 5.91 Å². The van der Waals surface area contributed by atoms with Crippen LogP contribution < -0.4 is 5.32 Å². The lowest BCUT2D eigenvalue weighted by molar-refractivity contribution is -0.123. The maximum absolute atomic E-state index is 11.8. The van der Waals surface area contributed by atoms with Crippen LogP contribution in [0.25, 0.3) is 0 Å². The Morgan fingerprint density at radius 3 is 2.65 bits per heavy atom. The molecule has 2 rings (SSSR count). The number of carbonyl (C=O) groups is 2. The van der Waals surface area contributed by atoms with Crippen LogP contribution in [0, 0.1) is 6.92 Å². The van der Waals surface area contributed by atoms with Crippen molar-refractivity contribution in [2.45, 2.75) is 32.7 Å². The zero-order chi connectivity index (χ0) is 15.0. The van der Waals surface area contributed by atoms with Crippen molar-refractivity contribution in [3.05, 3.63) is 11.6 Å². The highest BCUT2D eigenvalue weighted by atomic mass is 16.3. The molecule has 1 aromatic heterocycles. The quantitative estimate of drug-likeness (QED) is 0.675. The molecule has 1 saturated heterocycles. The molecule has 0 aromatic carbocycles. The van der Waals surface area contributed by atoms with Gasteiger partial charge in [0.15, 0.2) is 5.82 Å². The van der Waals surface area contributed by atoms with Gasteiger partial charge in [-0.15, -0.1) is 0 Å². The highest BCUT2D eigenvalue weighted by molar-refractivity contribution is 5.78. The molecule has 20 heavy (non-hydrogen) atoms. The molecule has 0 spiro atoms. The average Bonchev–Trinajstić information content (AvgIpc) is 3.01. The normalized spacial score (nSPS) is 16.1. The van der Waals surface area contributed by atoms with E-state index < -0.39 is 0 Å². The molecule has 8 heteroatoms. The fourth-order valence-electron chi connectivity index (χ4n) is 2.05. The van der Waals surface area contributed by atoms with Crippen LogP contribution in [0.1, 0.15) is 37.5 Å². The minimum Gasteiger partial charge on any atom is -0.483 e. The molecule has 112 valence electrons. The number of hydrogen-bond acceptors (Lipinski definition) is 5. The van der Waals surface area contributed by atoms with Gasteiger partial charge in [-0.2, -0.15) is 5.10 Å². The van der Waals surface area contributed by atoms with Crippen molar-refractivity contribution in [2.24, 2.45) is 0 Å². The number of hydrogen-bond donors (Lipinski definition) is 3. The molecule has 0 bridgehead atoms. The summed E-state index contributed by atoms with van der Waals surface area (Å²) in [4.78, 5) is 26.5. The number of aromatic amines is 1. The number of likely N-dealkylation sites (tertiary alicyclic amines) is 1. The minimum absolute atomic E-state index is 0.0434. The Balaban J connectivity index is 0.000000612. The third-order valence-corrected chi connectivity index (χ3v) is 2.95. The molecule has 1 aliphatic rings. The number of rotatable bonds is 4. The monoisotopic (exact) mass is 283 g/mol. The Morgan fingerprint density at radius 1 is 1.55 bits per heavy atom. The zero-order valence-electron chi connectivity index (χ0n) is 11.8. The van der Waals surface area contributed by atoms with Crippen LogP contribution in [-0.4, -0.2) is 57.2 Å². The third kappa shape index (κ3) is 5.35. The highest BCUT2D eigenvalue weighted by Gasteiger charge is 2.18. The average molecular weight is 283 g/mol. The van der Waals surface area contributed by atoms with Crippen LogP contribution in [0.3, 0.4) is 0 Å². The van der Waals surface area contributed by atoms with Crippen molar-refractivity contribution in [1.82, 2.24) is 25.4 Å². The third-order valence-electron chi connectivity index (χ3n) is 2.95. The van der Waals surface area contributed by atoms with Crippen LogP contribution in [0.2, 0.25) is 0 Å². The minimum atomic E-state index is -0.250. The molecule has 1 aliphatic heterocycles. The summed E-state index contributed by atoms with van der Waals surface area (Å²) < 4.78 is 0. The first-order chi connectivity index (χ1) is 9.56. The van der Waals surface area contributed by atoms with E-state index in [9.17, 15) is 4.79 Å². The summed E-state index contributed by atoms with van der Waals surface area (Å²) in [5.74, 6) is 1.44. The second-order valence-corrected chi connectivity index (χ2v) is 4.66. The van der Waals surface area contributed by atoms with E-state index in [1.807, 2.05) is 13.8 Å². The summed E-state index contributed by atoms with van der Waals surface area (Å²) in [6.45, 7) is 6.02. The molecule has 1 atom stereocenters. The molecule has 2 heterocycles. The van der Waals surface area contributed by atoms with E-state index in [0.717, 1.165) is 18.9 Å². The van der Waals surface area contributed by atoms with Gasteiger partial charge in [-0.25, -0.2) is 4.98 Å². The predicted molar refractivity (Wildman–Crippen MR) is 72.0 cm³/mol. The highest BCUT2D eigenvalue weighted by Crippen LogP contribution is 2.08. The van der Waals surface area contributed by atoms with E-state index in [2.05, 4.69) is 25.4 Å². The smallest absolute Gasteiger partial charge is 0.290 e. The van der Waals surface area contributed by atoms with Gasteiger partial charge in [-0.3, -0.25) is 19.6 Å². The maximum atomic E-state index is 11.8. The van der Waals surface area contributed by atoms with Crippen LogP contribution in [0.5, 0.6) is 0 Å². The van der Waals surface area contributed by atoms with Gasteiger partial charge in [0, 0.05) is 0 Å². The molecule has 8 nitrogen and oxygen atoms in total. The van der Waals surface area contributed by atoms with Gasteiger partial charge >= 0.3 is 0 Å². The Hall–Kier alpha value is -1.96. The number of carboxylic acid groups (broad SMARTS) is 1. The summed E-state index contributed by atoms with van der Waals surface area (Å²) in [5, 5.41) is 16.6. The number of H-pyrrole nitrogens is 1. The second kappa shape index (κ2) is 8.26. The van der Waals surface area contributed by atoms with Crippen LogP contribution in [0.15, 0.2) is 0 Å². The number of nitrogens with zero attached hydrogens (tertiary/aromatic N) is 3. The molecule has 1 unspecified atom stereocenters. The van der Waals surface area contributed by atoms with E-state index in [-0.39, 0.29) is 18.4 Å². The van der Waals surface area contributed by atoms with Crippen molar-refractivity contribution < 1.29 is 14.7 Å². The zero-order valence-corrected chi connectivity index (χ0v) is 11.8. The van der Waals surface area contributed by atoms with Crippen molar-refractivity contribution in [1.29, 1.82) is 0 Å². The van der Waals surface area contributed by atoms with Crippen LogP contribution in [-0.2, 0) is 9.59 Å². The predicted octanol–water partition coefficient (Wildman–Crippen LogP) is 0.0869. The number of nitrogens with one attached hydrogen (secondary N) is 2. The fraction of sp³-hybridized carbons (Fsp3) is 0.667. The number of aryl methyl sites for hydroxylation is 1. The Bertz CT molecular complexity index is 428. The number of amides is 1. The maximum Gasteiger partial charge on any atom is 0.290 e. The summed E-state index contributed by atoms with van der Waals surface area (Å²) in [7, 11) is 0. The second-order valence-electron chi connectivity index (χ2n) is 4.66. The number of carbonyl (C=O) groups excluding carboxylic acids is 1. The van der Waals surface area contributed by atoms with Crippen molar-refractivity contribution in [3.8, 4) is 0 Å².